The van der Waals surface area contributed by atoms with E-state index < -0.39 is 5.60 Å². The van der Waals surface area contributed by atoms with Gasteiger partial charge in [0.05, 0.1) is 0 Å². The van der Waals surface area contributed by atoms with E-state index in [0.29, 0.717) is 5.92 Å². The lowest BCUT2D eigenvalue weighted by Crippen LogP contribution is -2.33. The molecule has 0 bridgehead atoms. The van der Waals surface area contributed by atoms with Gasteiger partial charge in [0.1, 0.15) is 16.9 Å². The maximum absolute atomic E-state index is 11.1. The van der Waals surface area contributed by atoms with Crippen LogP contribution in [0.2, 0.25) is 0 Å². The lowest BCUT2D eigenvalue weighted by atomic mass is 9.75. The molecular weight excluding hydrogens is 248 g/mol. The molecule has 20 heavy (non-hydrogen) atoms. The smallest absolute Gasteiger partial charge is 0.137 e. The zero-order chi connectivity index (χ0) is 13.7. The fourth-order valence-corrected chi connectivity index (χ4v) is 3.93. The average molecular weight is 270 g/mol. The summed E-state index contributed by atoms with van der Waals surface area (Å²) in [7, 11) is 0. The largest absolute Gasteiger partial charge is 0.458 e. The van der Waals surface area contributed by atoms with Crippen molar-refractivity contribution in [1.82, 2.24) is 0 Å². The van der Waals surface area contributed by atoms with E-state index in [1.165, 1.54) is 19.3 Å². The molecular formula is C18H22O2. The number of hydrogen-bond acceptors (Lipinski definition) is 2. The lowest BCUT2D eigenvalue weighted by molar-refractivity contribution is -0.0410. The summed E-state index contributed by atoms with van der Waals surface area (Å²) in [6, 6.07) is 8.24. The normalized spacial score (nSPS) is 30.8. The molecule has 1 heterocycles. The second kappa shape index (κ2) is 4.36. The second-order valence-electron chi connectivity index (χ2n) is 6.83. The molecule has 2 atom stereocenters. The van der Waals surface area contributed by atoms with Crippen LogP contribution in [0.15, 0.2) is 28.7 Å². The maximum Gasteiger partial charge on any atom is 0.137 e. The Kier molecular flexibility index (Phi) is 2.71. The van der Waals surface area contributed by atoms with Gasteiger partial charge in [0.15, 0.2) is 0 Å². The highest BCUT2D eigenvalue weighted by molar-refractivity contribution is 5.81. The number of aliphatic hydroxyl groups is 1. The molecule has 0 amide bonds. The monoisotopic (exact) mass is 270 g/mol. The number of fused-ring (bicyclic) bond motifs is 1. The van der Waals surface area contributed by atoms with E-state index in [0.717, 1.165) is 47.5 Å². The topological polar surface area (TPSA) is 33.4 Å². The Morgan fingerprint density at radius 3 is 2.80 bits per heavy atom. The first kappa shape index (κ1) is 12.5. The van der Waals surface area contributed by atoms with E-state index in [1.54, 1.807) is 0 Å². The van der Waals surface area contributed by atoms with Gasteiger partial charge in [-0.25, -0.2) is 0 Å². The summed E-state index contributed by atoms with van der Waals surface area (Å²) >= 11 is 0. The summed E-state index contributed by atoms with van der Waals surface area (Å²) in [5.41, 5.74) is 1.34. The third-order valence-electron chi connectivity index (χ3n) is 5.25. The van der Waals surface area contributed by atoms with Crippen molar-refractivity contribution in [1.29, 1.82) is 0 Å². The molecule has 2 unspecified atom stereocenters. The summed E-state index contributed by atoms with van der Waals surface area (Å²) in [5.74, 6) is 2.35. The Labute approximate surface area is 119 Å². The first-order valence-electron chi connectivity index (χ1n) is 7.88. The summed E-state index contributed by atoms with van der Waals surface area (Å²) in [6.45, 7) is 2.06. The van der Waals surface area contributed by atoms with Gasteiger partial charge in [0.2, 0.25) is 0 Å². The van der Waals surface area contributed by atoms with Gasteiger partial charge in [-0.1, -0.05) is 18.2 Å². The molecule has 2 nitrogen and oxygen atoms in total. The van der Waals surface area contributed by atoms with E-state index in [9.17, 15) is 5.11 Å². The first-order valence-corrected chi connectivity index (χ1v) is 7.88. The van der Waals surface area contributed by atoms with Crippen LogP contribution in [0.25, 0.3) is 11.0 Å². The van der Waals surface area contributed by atoms with Crippen LogP contribution >= 0.6 is 0 Å². The lowest BCUT2D eigenvalue weighted by Gasteiger charge is -2.35. The van der Waals surface area contributed by atoms with Crippen molar-refractivity contribution in [2.75, 3.05) is 0 Å². The van der Waals surface area contributed by atoms with Gasteiger partial charge in [-0.2, -0.15) is 0 Å². The van der Waals surface area contributed by atoms with Gasteiger partial charge >= 0.3 is 0 Å². The van der Waals surface area contributed by atoms with Gasteiger partial charge in [0.25, 0.3) is 0 Å². The van der Waals surface area contributed by atoms with Crippen LogP contribution in [-0.2, 0) is 5.60 Å². The zero-order valence-corrected chi connectivity index (χ0v) is 12.1. The molecule has 1 aromatic carbocycles. The molecule has 106 valence electrons. The standard InChI is InChI=1S/C18H22O2/c1-12-4-2-5-14-10-16(20-17(12)14)18(19)9-3-6-15(11-18)13-7-8-13/h2,4-5,10,13,15,19H,3,6-9,11H2,1H3. The molecule has 2 aromatic rings. The molecule has 2 saturated carbocycles. The van der Waals surface area contributed by atoms with E-state index in [1.807, 2.05) is 0 Å². The minimum Gasteiger partial charge on any atom is -0.458 e. The van der Waals surface area contributed by atoms with Crippen LogP contribution in [0.4, 0.5) is 0 Å². The number of benzene rings is 1. The highest BCUT2D eigenvalue weighted by Crippen LogP contribution is 2.50. The van der Waals surface area contributed by atoms with Crippen LogP contribution in [0, 0.1) is 18.8 Å². The third-order valence-corrected chi connectivity index (χ3v) is 5.25. The molecule has 2 heteroatoms. The predicted octanol–water partition coefficient (Wildman–Crippen LogP) is 4.53. The zero-order valence-electron chi connectivity index (χ0n) is 12.1. The van der Waals surface area contributed by atoms with E-state index in [2.05, 4.69) is 31.2 Å². The van der Waals surface area contributed by atoms with Crippen molar-refractivity contribution in [3.8, 4) is 0 Å². The van der Waals surface area contributed by atoms with Crippen molar-refractivity contribution in [3.63, 3.8) is 0 Å². The van der Waals surface area contributed by atoms with Crippen molar-refractivity contribution in [3.05, 3.63) is 35.6 Å². The second-order valence-corrected chi connectivity index (χ2v) is 6.83. The van der Waals surface area contributed by atoms with E-state index in [4.69, 9.17) is 4.42 Å². The molecule has 0 aliphatic heterocycles. The Bertz CT molecular complexity index is 638. The van der Waals surface area contributed by atoms with Crippen molar-refractivity contribution in [2.24, 2.45) is 11.8 Å². The van der Waals surface area contributed by atoms with Gasteiger partial charge in [-0.15, -0.1) is 0 Å². The summed E-state index contributed by atoms with van der Waals surface area (Å²) in [5, 5.41) is 12.2. The average Bonchev–Trinajstić information content (AvgIpc) is 3.18. The minimum atomic E-state index is -0.739. The highest BCUT2D eigenvalue weighted by atomic mass is 16.4. The van der Waals surface area contributed by atoms with E-state index >= 15 is 0 Å². The van der Waals surface area contributed by atoms with E-state index in [-0.39, 0.29) is 0 Å². The van der Waals surface area contributed by atoms with Crippen LogP contribution in [-0.4, -0.2) is 5.11 Å². The molecule has 0 radical (unpaired) electrons. The van der Waals surface area contributed by atoms with Gasteiger partial charge < -0.3 is 9.52 Å². The summed E-state index contributed by atoms with van der Waals surface area (Å²) in [6.07, 6.45) is 6.85. The molecule has 1 N–H and O–H groups in total. The molecule has 0 spiro atoms. The van der Waals surface area contributed by atoms with Crippen LogP contribution in [0.3, 0.4) is 0 Å². The number of hydrogen-bond donors (Lipinski definition) is 1. The Balaban J connectivity index is 1.71. The number of furan rings is 1. The first-order chi connectivity index (χ1) is 9.66. The number of para-hydroxylation sites is 1. The van der Waals surface area contributed by atoms with Gasteiger partial charge in [-0.3, -0.25) is 0 Å². The number of aryl methyl sites for hydroxylation is 1. The molecule has 4 rings (SSSR count). The SMILES string of the molecule is Cc1cccc2cc(C3(O)CCCC(C4CC4)C3)oc12. The van der Waals surface area contributed by atoms with Crippen molar-refractivity contribution >= 4 is 11.0 Å². The van der Waals surface area contributed by atoms with Crippen molar-refractivity contribution < 1.29 is 9.52 Å². The minimum absolute atomic E-state index is 0.697. The molecule has 2 fully saturated rings. The molecule has 2 aliphatic carbocycles. The summed E-state index contributed by atoms with van der Waals surface area (Å²) < 4.78 is 6.04. The van der Waals surface area contributed by atoms with Gasteiger partial charge in [0, 0.05) is 5.39 Å². The van der Waals surface area contributed by atoms with Crippen LogP contribution in [0.1, 0.15) is 49.8 Å². The van der Waals surface area contributed by atoms with Crippen molar-refractivity contribution in [2.45, 2.75) is 51.0 Å². The molecule has 1 aromatic heterocycles. The maximum atomic E-state index is 11.1. The molecule has 2 aliphatic rings. The van der Waals surface area contributed by atoms with Crippen LogP contribution < -0.4 is 0 Å². The third kappa shape index (κ3) is 1.98. The predicted molar refractivity (Wildman–Crippen MR) is 79.5 cm³/mol. The summed E-state index contributed by atoms with van der Waals surface area (Å²) in [4.78, 5) is 0. The Hall–Kier alpha value is -1.28. The van der Waals surface area contributed by atoms with Gasteiger partial charge in [-0.05, 0) is 68.9 Å². The fourth-order valence-electron chi connectivity index (χ4n) is 3.93. The highest BCUT2D eigenvalue weighted by Gasteiger charge is 2.43. The number of rotatable bonds is 2. The molecule has 0 saturated heterocycles. The fraction of sp³-hybridized carbons (Fsp3) is 0.556. The van der Waals surface area contributed by atoms with Crippen LogP contribution in [0.5, 0.6) is 0 Å². The Morgan fingerprint density at radius 2 is 2.05 bits per heavy atom. The quantitative estimate of drug-likeness (QED) is 0.869. The Morgan fingerprint density at radius 1 is 1.20 bits per heavy atom.